The van der Waals surface area contributed by atoms with Crippen molar-refractivity contribution in [1.29, 1.82) is 0 Å². The molecule has 37 heavy (non-hydrogen) atoms. The lowest BCUT2D eigenvalue weighted by molar-refractivity contribution is -0.384. The summed E-state index contributed by atoms with van der Waals surface area (Å²) in [5.74, 6) is 1.05. The van der Waals surface area contributed by atoms with Crippen LogP contribution in [0.1, 0.15) is 23.5 Å². The van der Waals surface area contributed by atoms with Crippen LogP contribution in [0.4, 0.5) is 17.1 Å². The smallest absolute Gasteiger partial charge is 0.270 e. The number of hydrogen-bond donors (Lipinski definition) is 2. The van der Waals surface area contributed by atoms with E-state index in [1.165, 1.54) is 12.1 Å². The molecule has 2 aromatic heterocycles. The van der Waals surface area contributed by atoms with E-state index in [4.69, 9.17) is 16.6 Å². The Balaban J connectivity index is 1.55. The number of pyridine rings is 1. The van der Waals surface area contributed by atoms with Crippen LogP contribution in [0.15, 0.2) is 89.5 Å². The molecule has 0 amide bonds. The van der Waals surface area contributed by atoms with E-state index in [-0.39, 0.29) is 11.7 Å². The average molecular weight is 536 g/mol. The van der Waals surface area contributed by atoms with Crippen LogP contribution in [0.2, 0.25) is 0 Å². The molecule has 0 spiro atoms. The molecule has 10 nitrogen and oxygen atoms in total. The maximum absolute atomic E-state index is 11.6. The topological polar surface area (TPSA) is 131 Å². The van der Waals surface area contributed by atoms with E-state index in [1.807, 2.05) is 29.2 Å². The monoisotopic (exact) mass is 535 g/mol. The number of hydrogen-bond acceptors (Lipinski definition) is 7. The van der Waals surface area contributed by atoms with Gasteiger partial charge in [0, 0.05) is 35.3 Å². The molecule has 2 N–H and O–H groups in total. The third-order valence-corrected chi connectivity index (χ3v) is 6.73. The Morgan fingerprint density at radius 2 is 1.86 bits per heavy atom. The molecule has 1 saturated heterocycles. The van der Waals surface area contributed by atoms with Crippen molar-refractivity contribution in [2.75, 3.05) is 15.9 Å². The lowest BCUT2D eigenvalue weighted by Crippen LogP contribution is -2.29. The van der Waals surface area contributed by atoms with Crippen LogP contribution in [-0.4, -0.2) is 29.7 Å². The molecular formula is C25H21N5O5S2. The van der Waals surface area contributed by atoms with Gasteiger partial charge in [0.2, 0.25) is 10.0 Å². The van der Waals surface area contributed by atoms with E-state index in [0.29, 0.717) is 33.6 Å². The van der Waals surface area contributed by atoms with Gasteiger partial charge in [-0.25, -0.2) is 8.42 Å². The van der Waals surface area contributed by atoms with Gasteiger partial charge in [-0.2, -0.15) is 0 Å². The molecule has 2 unspecified atom stereocenters. The van der Waals surface area contributed by atoms with Crippen molar-refractivity contribution in [2.45, 2.75) is 12.1 Å². The van der Waals surface area contributed by atoms with Gasteiger partial charge >= 0.3 is 0 Å². The molecule has 5 rings (SSSR count). The minimum absolute atomic E-state index is 0.0325. The zero-order valence-electron chi connectivity index (χ0n) is 19.4. The van der Waals surface area contributed by atoms with E-state index in [2.05, 4.69) is 15.0 Å². The number of rotatable bonds is 7. The van der Waals surface area contributed by atoms with Crippen LogP contribution in [0.5, 0.6) is 0 Å². The largest absolute Gasteiger partial charge is 0.459 e. The zero-order valence-corrected chi connectivity index (χ0v) is 21.1. The van der Waals surface area contributed by atoms with E-state index >= 15 is 0 Å². The number of nitrogens with one attached hydrogen (secondary N) is 2. The molecular weight excluding hydrogens is 514 g/mol. The van der Waals surface area contributed by atoms with Gasteiger partial charge in [-0.05, 0) is 60.7 Å². The van der Waals surface area contributed by atoms with E-state index < -0.39 is 21.0 Å². The first kappa shape index (κ1) is 24.4. The van der Waals surface area contributed by atoms with Crippen LogP contribution >= 0.6 is 12.2 Å². The first-order valence-corrected chi connectivity index (χ1v) is 13.4. The Kier molecular flexibility index (Phi) is 6.36. The lowest BCUT2D eigenvalue weighted by atomic mass is 10.0. The summed E-state index contributed by atoms with van der Waals surface area (Å²) in [6.07, 6.45) is 2.78. The number of non-ortho nitro benzene ring substituents is 1. The van der Waals surface area contributed by atoms with E-state index in [0.717, 1.165) is 11.9 Å². The summed E-state index contributed by atoms with van der Waals surface area (Å²) >= 11 is 5.70. The van der Waals surface area contributed by atoms with Gasteiger partial charge in [-0.3, -0.25) is 19.8 Å². The molecule has 188 valence electrons. The maximum Gasteiger partial charge on any atom is 0.270 e. The number of furan rings is 1. The van der Waals surface area contributed by atoms with Crippen molar-refractivity contribution < 1.29 is 17.8 Å². The second-order valence-corrected chi connectivity index (χ2v) is 10.6. The first-order chi connectivity index (χ1) is 17.7. The van der Waals surface area contributed by atoms with Crippen LogP contribution in [-0.2, 0) is 10.0 Å². The lowest BCUT2D eigenvalue weighted by Gasteiger charge is -2.26. The third-order valence-electron chi connectivity index (χ3n) is 5.81. The number of nitrogens with zero attached hydrogens (tertiary/aromatic N) is 3. The van der Waals surface area contributed by atoms with Crippen molar-refractivity contribution in [3.63, 3.8) is 0 Å². The summed E-state index contributed by atoms with van der Waals surface area (Å²) in [4.78, 5) is 17.2. The van der Waals surface area contributed by atoms with E-state index in [1.54, 1.807) is 48.7 Å². The Morgan fingerprint density at radius 1 is 1.08 bits per heavy atom. The highest BCUT2D eigenvalue weighted by molar-refractivity contribution is 7.92. The van der Waals surface area contributed by atoms with Crippen molar-refractivity contribution in [1.82, 2.24) is 10.3 Å². The second kappa shape index (κ2) is 9.64. The number of nitro groups is 1. The van der Waals surface area contributed by atoms with Crippen molar-refractivity contribution in [3.8, 4) is 11.3 Å². The predicted octanol–water partition coefficient (Wildman–Crippen LogP) is 4.80. The molecule has 0 aliphatic carbocycles. The molecule has 1 aliphatic heterocycles. The quantitative estimate of drug-likeness (QED) is 0.195. The standard InChI is InChI=1S/C25H21N5O5S2/c1-37(33,34)28-17-8-10-18(11-9-17)29-24(23(27-25(29)36)20-7-2-3-14-26-20)22-13-12-21(35-22)16-5-4-6-19(15-16)30(31)32/h2-15,23-24,28H,1H3,(H,27,36). The van der Waals surface area contributed by atoms with Crippen molar-refractivity contribution >= 4 is 44.4 Å². The molecule has 4 aromatic rings. The van der Waals surface area contributed by atoms with Gasteiger partial charge < -0.3 is 14.6 Å². The predicted molar refractivity (Wildman–Crippen MR) is 144 cm³/mol. The number of thiocarbonyl (C=S) groups is 1. The van der Waals surface area contributed by atoms with Gasteiger partial charge in [-0.15, -0.1) is 0 Å². The van der Waals surface area contributed by atoms with Crippen LogP contribution in [0, 0.1) is 10.1 Å². The van der Waals surface area contributed by atoms with Crippen molar-refractivity contribution in [2.24, 2.45) is 0 Å². The Bertz CT molecular complexity index is 1570. The summed E-state index contributed by atoms with van der Waals surface area (Å²) in [6, 6.07) is 21.5. The van der Waals surface area contributed by atoms with Crippen molar-refractivity contribution in [3.05, 3.63) is 107 Å². The molecule has 1 fully saturated rings. The number of sulfonamides is 1. The van der Waals surface area contributed by atoms with Crippen LogP contribution in [0.25, 0.3) is 11.3 Å². The highest BCUT2D eigenvalue weighted by Gasteiger charge is 2.42. The van der Waals surface area contributed by atoms with Gasteiger partial charge in [0.05, 0.1) is 22.9 Å². The average Bonchev–Trinajstić information content (AvgIpc) is 3.49. The number of nitro benzene ring substituents is 1. The van der Waals surface area contributed by atoms with Gasteiger partial charge in [0.1, 0.15) is 17.6 Å². The number of aromatic nitrogens is 1. The van der Waals surface area contributed by atoms with Crippen LogP contribution in [0.3, 0.4) is 0 Å². The molecule has 0 radical (unpaired) electrons. The fourth-order valence-corrected chi connectivity index (χ4v) is 5.18. The molecule has 0 saturated carbocycles. The number of anilines is 2. The fourth-order valence-electron chi connectivity index (χ4n) is 4.27. The third kappa shape index (κ3) is 5.15. The van der Waals surface area contributed by atoms with Gasteiger partial charge in [0.25, 0.3) is 5.69 Å². The number of benzene rings is 2. The molecule has 2 aromatic carbocycles. The summed E-state index contributed by atoms with van der Waals surface area (Å²) in [5, 5.41) is 15.0. The molecule has 2 atom stereocenters. The van der Waals surface area contributed by atoms with Gasteiger partial charge in [-0.1, -0.05) is 18.2 Å². The second-order valence-electron chi connectivity index (χ2n) is 8.43. The summed E-state index contributed by atoms with van der Waals surface area (Å²) in [7, 11) is -3.42. The SMILES string of the molecule is CS(=O)(=O)Nc1ccc(N2C(=S)NC(c3ccccn3)C2c2ccc(-c3cccc([N+](=O)[O-])c3)o2)cc1. The summed E-state index contributed by atoms with van der Waals surface area (Å²) < 4.78 is 31.9. The first-order valence-electron chi connectivity index (χ1n) is 11.1. The summed E-state index contributed by atoms with van der Waals surface area (Å²) in [5.41, 5.74) is 2.43. The highest BCUT2D eigenvalue weighted by Crippen LogP contribution is 2.43. The maximum atomic E-state index is 11.6. The molecule has 0 bridgehead atoms. The van der Waals surface area contributed by atoms with E-state index in [9.17, 15) is 18.5 Å². The minimum Gasteiger partial charge on any atom is -0.459 e. The molecule has 1 aliphatic rings. The normalized spacial score (nSPS) is 17.4. The Hall–Kier alpha value is -4.29. The molecule has 12 heteroatoms. The molecule has 3 heterocycles. The zero-order chi connectivity index (χ0) is 26.2. The minimum atomic E-state index is -3.42. The Labute approximate surface area is 218 Å². The summed E-state index contributed by atoms with van der Waals surface area (Å²) in [6.45, 7) is 0. The van der Waals surface area contributed by atoms with Gasteiger partial charge in [0.15, 0.2) is 5.11 Å². The van der Waals surface area contributed by atoms with Crippen LogP contribution < -0.4 is 14.9 Å². The fraction of sp³-hybridized carbons (Fsp3) is 0.120. The Morgan fingerprint density at radius 3 is 2.54 bits per heavy atom. The highest BCUT2D eigenvalue weighted by atomic mass is 32.2.